The second-order valence-electron chi connectivity index (χ2n) is 3.92. The van der Waals surface area contributed by atoms with Crippen molar-refractivity contribution < 1.29 is 4.74 Å². The summed E-state index contributed by atoms with van der Waals surface area (Å²) in [6.07, 6.45) is 2.50. The highest BCUT2D eigenvalue weighted by Crippen LogP contribution is 2.14. The molecule has 0 aromatic heterocycles. The predicted molar refractivity (Wildman–Crippen MR) is 62.0 cm³/mol. The number of hydrogen-bond acceptors (Lipinski definition) is 3. The van der Waals surface area contributed by atoms with E-state index in [-0.39, 0.29) is 0 Å². The predicted octanol–water partition coefficient (Wildman–Crippen LogP) is -0.369. The summed E-state index contributed by atoms with van der Waals surface area (Å²) >= 11 is 0. The molecule has 88 valence electrons. The van der Waals surface area contributed by atoms with Gasteiger partial charge in [0, 0.05) is 19.7 Å². The highest BCUT2D eigenvalue weighted by atomic mass is 16.5. The summed E-state index contributed by atoms with van der Waals surface area (Å²) < 4.78 is 4.91. The molecule has 1 saturated heterocycles. The fourth-order valence-electron chi connectivity index (χ4n) is 1.75. The molecule has 1 atom stereocenters. The van der Waals surface area contributed by atoms with E-state index in [1.165, 1.54) is 19.4 Å². The van der Waals surface area contributed by atoms with Crippen LogP contribution in [0.1, 0.15) is 12.8 Å². The van der Waals surface area contributed by atoms with Gasteiger partial charge in [-0.3, -0.25) is 4.99 Å². The molecule has 1 heterocycles. The molecule has 0 radical (unpaired) electrons. The number of methoxy groups -OCH3 is 1. The maximum atomic E-state index is 5.70. The van der Waals surface area contributed by atoms with Crippen LogP contribution in [0.15, 0.2) is 4.99 Å². The van der Waals surface area contributed by atoms with Crippen LogP contribution in [0, 0.1) is 0 Å². The molecule has 1 fully saturated rings. The molecule has 15 heavy (non-hydrogen) atoms. The van der Waals surface area contributed by atoms with Crippen LogP contribution in [0.25, 0.3) is 0 Å². The Morgan fingerprint density at radius 1 is 1.67 bits per heavy atom. The third kappa shape index (κ3) is 4.48. The van der Waals surface area contributed by atoms with Crippen LogP contribution in [0.2, 0.25) is 0 Å². The van der Waals surface area contributed by atoms with Gasteiger partial charge in [0.05, 0.1) is 13.2 Å². The van der Waals surface area contributed by atoms with Gasteiger partial charge in [0.25, 0.3) is 0 Å². The summed E-state index contributed by atoms with van der Waals surface area (Å²) in [4.78, 5) is 6.65. The second kappa shape index (κ2) is 6.63. The number of hydrogen-bond donors (Lipinski definition) is 2. The summed E-state index contributed by atoms with van der Waals surface area (Å²) in [5, 5.41) is 3.01. The molecular weight excluding hydrogens is 192 g/mol. The third-order valence-electron chi connectivity index (χ3n) is 2.76. The van der Waals surface area contributed by atoms with Gasteiger partial charge in [0.15, 0.2) is 5.96 Å². The van der Waals surface area contributed by atoms with Crippen molar-refractivity contribution in [2.45, 2.75) is 18.9 Å². The van der Waals surface area contributed by atoms with E-state index in [1.54, 1.807) is 7.11 Å². The number of nitrogens with two attached hydrogens (primary N) is 1. The molecule has 1 rings (SSSR count). The SMILES string of the molecule is COCCNC(N)=NCC1CCCN1C. The van der Waals surface area contributed by atoms with E-state index < -0.39 is 0 Å². The standard InChI is InChI=1S/C10H22N4O/c1-14-6-3-4-9(14)8-13-10(11)12-5-7-15-2/h9H,3-8H2,1-2H3,(H3,11,12,13). The Balaban J connectivity index is 2.18. The van der Waals surface area contributed by atoms with E-state index in [2.05, 4.69) is 22.3 Å². The van der Waals surface area contributed by atoms with Gasteiger partial charge in [-0.2, -0.15) is 0 Å². The van der Waals surface area contributed by atoms with Crippen molar-refractivity contribution in [1.29, 1.82) is 0 Å². The Morgan fingerprint density at radius 3 is 3.07 bits per heavy atom. The highest BCUT2D eigenvalue weighted by Gasteiger charge is 2.19. The molecule has 0 saturated carbocycles. The van der Waals surface area contributed by atoms with Gasteiger partial charge in [0.2, 0.25) is 0 Å². The molecule has 1 unspecified atom stereocenters. The molecule has 0 aromatic rings. The summed E-state index contributed by atoms with van der Waals surface area (Å²) in [6, 6.07) is 0.563. The molecule has 0 aromatic carbocycles. The van der Waals surface area contributed by atoms with Gasteiger partial charge in [-0.25, -0.2) is 0 Å². The molecule has 0 bridgehead atoms. The molecule has 5 nitrogen and oxygen atoms in total. The van der Waals surface area contributed by atoms with E-state index >= 15 is 0 Å². The first-order chi connectivity index (χ1) is 7.24. The molecule has 0 aliphatic carbocycles. The van der Waals surface area contributed by atoms with E-state index in [9.17, 15) is 0 Å². The fourth-order valence-corrected chi connectivity index (χ4v) is 1.75. The Bertz CT molecular complexity index is 208. The quantitative estimate of drug-likeness (QED) is 0.372. The lowest BCUT2D eigenvalue weighted by Gasteiger charge is -2.17. The van der Waals surface area contributed by atoms with Crippen molar-refractivity contribution in [2.24, 2.45) is 10.7 Å². The molecule has 1 aliphatic rings. The lowest BCUT2D eigenvalue weighted by atomic mass is 10.2. The third-order valence-corrected chi connectivity index (χ3v) is 2.76. The smallest absolute Gasteiger partial charge is 0.188 e. The zero-order valence-corrected chi connectivity index (χ0v) is 9.70. The Hall–Kier alpha value is -0.810. The zero-order valence-electron chi connectivity index (χ0n) is 9.70. The second-order valence-corrected chi connectivity index (χ2v) is 3.92. The summed E-state index contributed by atoms with van der Waals surface area (Å²) in [5.41, 5.74) is 5.70. The van der Waals surface area contributed by atoms with Crippen molar-refractivity contribution in [1.82, 2.24) is 10.2 Å². The maximum Gasteiger partial charge on any atom is 0.188 e. The van der Waals surface area contributed by atoms with Gasteiger partial charge in [-0.1, -0.05) is 0 Å². The van der Waals surface area contributed by atoms with E-state index in [0.717, 1.165) is 6.54 Å². The molecule has 1 aliphatic heterocycles. The molecule has 0 amide bonds. The van der Waals surface area contributed by atoms with Gasteiger partial charge in [-0.05, 0) is 26.4 Å². The highest BCUT2D eigenvalue weighted by molar-refractivity contribution is 5.77. The Labute approximate surface area is 91.7 Å². The monoisotopic (exact) mass is 214 g/mol. The average molecular weight is 214 g/mol. The summed E-state index contributed by atoms with van der Waals surface area (Å²) in [7, 11) is 3.81. The number of nitrogens with zero attached hydrogens (tertiary/aromatic N) is 2. The van der Waals surface area contributed by atoms with E-state index in [4.69, 9.17) is 10.5 Å². The minimum Gasteiger partial charge on any atom is -0.383 e. The Kier molecular flexibility index (Phi) is 5.42. The van der Waals surface area contributed by atoms with Crippen molar-refractivity contribution in [3.05, 3.63) is 0 Å². The molecule has 3 N–H and O–H groups in total. The lowest BCUT2D eigenvalue weighted by molar-refractivity contribution is 0.204. The zero-order chi connectivity index (χ0) is 11.1. The van der Waals surface area contributed by atoms with E-state index in [0.29, 0.717) is 25.2 Å². The normalized spacial score (nSPS) is 23.3. The number of ether oxygens (including phenoxy) is 1. The fraction of sp³-hybridized carbons (Fsp3) is 0.900. The van der Waals surface area contributed by atoms with Crippen LogP contribution in [0.3, 0.4) is 0 Å². The minimum absolute atomic E-state index is 0.521. The lowest BCUT2D eigenvalue weighted by Crippen LogP contribution is -2.36. The van der Waals surface area contributed by atoms with Gasteiger partial charge < -0.3 is 20.7 Å². The van der Waals surface area contributed by atoms with Crippen LogP contribution < -0.4 is 11.1 Å². The largest absolute Gasteiger partial charge is 0.383 e. The van der Waals surface area contributed by atoms with Gasteiger partial charge in [-0.15, -0.1) is 0 Å². The minimum atomic E-state index is 0.521. The van der Waals surface area contributed by atoms with Crippen LogP contribution in [-0.4, -0.2) is 57.3 Å². The van der Waals surface area contributed by atoms with Crippen LogP contribution >= 0.6 is 0 Å². The number of nitrogens with one attached hydrogen (secondary N) is 1. The first kappa shape index (κ1) is 12.3. The first-order valence-corrected chi connectivity index (χ1v) is 5.47. The summed E-state index contributed by atoms with van der Waals surface area (Å²) in [5.74, 6) is 0.521. The molecular formula is C10H22N4O. The number of likely N-dealkylation sites (tertiary alicyclic amines) is 1. The van der Waals surface area contributed by atoms with Gasteiger partial charge >= 0.3 is 0 Å². The summed E-state index contributed by atoms with van der Waals surface area (Å²) in [6.45, 7) is 3.34. The van der Waals surface area contributed by atoms with Crippen LogP contribution in [-0.2, 0) is 4.74 Å². The van der Waals surface area contributed by atoms with Crippen molar-refractivity contribution in [2.75, 3.05) is 40.4 Å². The number of rotatable bonds is 5. The van der Waals surface area contributed by atoms with Crippen molar-refractivity contribution in [3.8, 4) is 0 Å². The van der Waals surface area contributed by atoms with Crippen molar-refractivity contribution in [3.63, 3.8) is 0 Å². The first-order valence-electron chi connectivity index (χ1n) is 5.47. The van der Waals surface area contributed by atoms with Crippen LogP contribution in [0.5, 0.6) is 0 Å². The maximum absolute atomic E-state index is 5.70. The van der Waals surface area contributed by atoms with Crippen molar-refractivity contribution >= 4 is 5.96 Å². The number of likely N-dealkylation sites (N-methyl/N-ethyl adjacent to an activating group) is 1. The van der Waals surface area contributed by atoms with E-state index in [1.807, 2.05) is 0 Å². The van der Waals surface area contributed by atoms with Gasteiger partial charge in [0.1, 0.15) is 0 Å². The topological polar surface area (TPSA) is 62.9 Å². The molecule has 5 heteroatoms. The van der Waals surface area contributed by atoms with Crippen LogP contribution in [0.4, 0.5) is 0 Å². The number of aliphatic imine (C=N–C) groups is 1. The Morgan fingerprint density at radius 2 is 2.47 bits per heavy atom. The number of guanidine groups is 1. The molecule has 0 spiro atoms. The average Bonchev–Trinajstić information content (AvgIpc) is 2.61.